The lowest BCUT2D eigenvalue weighted by atomic mass is 10.1. The monoisotopic (exact) mass is 383 g/mol. The van der Waals surface area contributed by atoms with Crippen molar-refractivity contribution in [1.29, 1.82) is 0 Å². The van der Waals surface area contributed by atoms with Gasteiger partial charge >= 0.3 is 5.97 Å². The third-order valence-electron chi connectivity index (χ3n) is 3.96. The minimum atomic E-state index is -0.707. The molecule has 0 unspecified atom stereocenters. The Morgan fingerprint density at radius 2 is 1.70 bits per heavy atom. The van der Waals surface area contributed by atoms with E-state index in [1.54, 1.807) is 12.1 Å². The van der Waals surface area contributed by atoms with E-state index in [1.807, 2.05) is 31.2 Å². The molecule has 7 heteroatoms. The van der Waals surface area contributed by atoms with Gasteiger partial charge in [-0.05, 0) is 36.1 Å². The fourth-order valence-corrected chi connectivity index (χ4v) is 3.76. The SMILES string of the molecule is Cc1c(C(=O)COC(=O)COc2ccccc2C(N)=O)sc2ccccc12. The summed E-state index contributed by atoms with van der Waals surface area (Å²) in [4.78, 5) is 36.2. The molecule has 3 aromatic rings. The summed E-state index contributed by atoms with van der Waals surface area (Å²) < 4.78 is 11.3. The highest BCUT2D eigenvalue weighted by Crippen LogP contribution is 2.30. The van der Waals surface area contributed by atoms with Gasteiger partial charge in [-0.15, -0.1) is 11.3 Å². The Labute approximate surface area is 159 Å². The topological polar surface area (TPSA) is 95.7 Å². The van der Waals surface area contributed by atoms with E-state index in [-0.39, 0.29) is 23.7 Å². The minimum absolute atomic E-state index is 0.169. The van der Waals surface area contributed by atoms with Crippen LogP contribution in [-0.2, 0) is 9.53 Å². The Balaban J connectivity index is 1.58. The summed E-state index contributed by atoms with van der Waals surface area (Å²) in [5.74, 6) is -1.44. The zero-order valence-corrected chi connectivity index (χ0v) is 15.4. The standard InChI is InChI=1S/C20H17NO5S/c1-12-13-6-3-5-9-17(13)27-19(12)15(22)10-26-18(23)11-25-16-8-4-2-7-14(16)20(21)24/h2-9H,10-11H2,1H3,(H2,21,24). The second-order valence-corrected chi connectivity index (χ2v) is 6.84. The number of amides is 1. The van der Waals surface area contributed by atoms with Gasteiger partial charge in [0.15, 0.2) is 13.2 Å². The number of nitrogens with two attached hydrogens (primary N) is 1. The molecule has 0 aliphatic carbocycles. The van der Waals surface area contributed by atoms with Crippen LogP contribution in [0.4, 0.5) is 0 Å². The quantitative estimate of drug-likeness (QED) is 0.500. The maximum Gasteiger partial charge on any atom is 0.344 e. The van der Waals surface area contributed by atoms with Crippen LogP contribution < -0.4 is 10.5 Å². The fraction of sp³-hybridized carbons (Fsp3) is 0.150. The van der Waals surface area contributed by atoms with Crippen molar-refractivity contribution in [3.8, 4) is 5.75 Å². The minimum Gasteiger partial charge on any atom is -0.481 e. The van der Waals surface area contributed by atoms with Crippen LogP contribution in [0.15, 0.2) is 48.5 Å². The third-order valence-corrected chi connectivity index (χ3v) is 5.27. The van der Waals surface area contributed by atoms with E-state index in [0.29, 0.717) is 4.88 Å². The number of hydrogen-bond donors (Lipinski definition) is 1. The van der Waals surface area contributed by atoms with Gasteiger partial charge in [0, 0.05) is 4.70 Å². The van der Waals surface area contributed by atoms with Gasteiger partial charge in [0.25, 0.3) is 5.91 Å². The second kappa shape index (κ2) is 8.01. The Hall–Kier alpha value is -3.19. The lowest BCUT2D eigenvalue weighted by molar-refractivity contribution is -0.144. The molecular weight excluding hydrogens is 366 g/mol. The predicted molar refractivity (Wildman–Crippen MR) is 102 cm³/mol. The number of aryl methyl sites for hydroxylation is 1. The third kappa shape index (κ3) is 4.15. The van der Waals surface area contributed by atoms with Crippen LogP contribution in [-0.4, -0.2) is 30.9 Å². The van der Waals surface area contributed by atoms with Gasteiger partial charge in [0.05, 0.1) is 10.4 Å². The van der Waals surface area contributed by atoms with Crippen molar-refractivity contribution in [3.05, 3.63) is 64.5 Å². The molecule has 2 aromatic carbocycles. The summed E-state index contributed by atoms with van der Waals surface area (Å²) in [6.07, 6.45) is 0. The van der Waals surface area contributed by atoms with Crippen molar-refractivity contribution in [3.63, 3.8) is 0 Å². The summed E-state index contributed by atoms with van der Waals surface area (Å²) in [5, 5.41) is 1.02. The summed E-state index contributed by atoms with van der Waals surface area (Å²) in [6.45, 7) is 1.08. The molecule has 2 N–H and O–H groups in total. The number of hydrogen-bond acceptors (Lipinski definition) is 6. The number of esters is 1. The molecule has 0 saturated heterocycles. The molecule has 1 heterocycles. The highest BCUT2D eigenvalue weighted by molar-refractivity contribution is 7.21. The van der Waals surface area contributed by atoms with E-state index in [2.05, 4.69) is 0 Å². The van der Waals surface area contributed by atoms with Gasteiger partial charge in [-0.2, -0.15) is 0 Å². The van der Waals surface area contributed by atoms with Crippen molar-refractivity contribution in [2.24, 2.45) is 5.73 Å². The molecule has 138 valence electrons. The molecular formula is C20H17NO5S. The summed E-state index contributed by atoms with van der Waals surface area (Å²) in [5.41, 5.74) is 6.30. The zero-order valence-electron chi connectivity index (χ0n) is 14.6. The van der Waals surface area contributed by atoms with E-state index >= 15 is 0 Å². The lowest BCUT2D eigenvalue weighted by Crippen LogP contribution is -2.20. The van der Waals surface area contributed by atoms with E-state index in [4.69, 9.17) is 15.2 Å². The number of ether oxygens (including phenoxy) is 2. The molecule has 0 bridgehead atoms. The van der Waals surface area contributed by atoms with Gasteiger partial charge in [-0.3, -0.25) is 9.59 Å². The first kappa shape index (κ1) is 18.6. The first-order chi connectivity index (χ1) is 13.0. The molecule has 1 amide bonds. The van der Waals surface area contributed by atoms with Crippen LogP contribution in [0, 0.1) is 6.92 Å². The average Bonchev–Trinajstić information content (AvgIpc) is 3.01. The largest absolute Gasteiger partial charge is 0.481 e. The van der Waals surface area contributed by atoms with E-state index in [0.717, 1.165) is 15.6 Å². The van der Waals surface area contributed by atoms with Gasteiger partial charge in [-0.25, -0.2) is 4.79 Å². The van der Waals surface area contributed by atoms with Crippen LogP contribution in [0.1, 0.15) is 25.6 Å². The molecule has 6 nitrogen and oxygen atoms in total. The summed E-state index contributed by atoms with van der Waals surface area (Å²) in [7, 11) is 0. The Bertz CT molecular complexity index is 1020. The van der Waals surface area contributed by atoms with E-state index in [1.165, 1.54) is 23.5 Å². The van der Waals surface area contributed by atoms with Crippen LogP contribution in [0.5, 0.6) is 5.75 Å². The number of fused-ring (bicyclic) bond motifs is 1. The van der Waals surface area contributed by atoms with Crippen LogP contribution in [0.3, 0.4) is 0 Å². The molecule has 0 atom stereocenters. The Kier molecular flexibility index (Phi) is 5.52. The molecule has 0 aliphatic heterocycles. The number of Topliss-reactive ketones (excluding diaryl/α,β-unsaturated/α-hetero) is 1. The van der Waals surface area contributed by atoms with Crippen molar-refractivity contribution in [1.82, 2.24) is 0 Å². The van der Waals surface area contributed by atoms with Crippen molar-refractivity contribution in [2.75, 3.05) is 13.2 Å². The molecule has 27 heavy (non-hydrogen) atoms. The smallest absolute Gasteiger partial charge is 0.344 e. The fourth-order valence-electron chi connectivity index (χ4n) is 2.63. The van der Waals surface area contributed by atoms with Crippen LogP contribution in [0.2, 0.25) is 0 Å². The molecule has 0 spiro atoms. The van der Waals surface area contributed by atoms with Gasteiger partial charge in [0.2, 0.25) is 5.78 Å². The number of carbonyl (C=O) groups is 3. The van der Waals surface area contributed by atoms with Gasteiger partial charge < -0.3 is 15.2 Å². The highest BCUT2D eigenvalue weighted by Gasteiger charge is 2.17. The number of rotatable bonds is 7. The first-order valence-electron chi connectivity index (χ1n) is 8.16. The van der Waals surface area contributed by atoms with Crippen molar-refractivity contribution < 1.29 is 23.9 Å². The van der Waals surface area contributed by atoms with Crippen molar-refractivity contribution >= 4 is 39.1 Å². The van der Waals surface area contributed by atoms with Crippen LogP contribution >= 0.6 is 11.3 Å². The average molecular weight is 383 g/mol. The second-order valence-electron chi connectivity index (χ2n) is 5.79. The molecule has 3 rings (SSSR count). The Morgan fingerprint density at radius 1 is 1.00 bits per heavy atom. The lowest BCUT2D eigenvalue weighted by Gasteiger charge is -2.09. The number of primary amides is 1. The van der Waals surface area contributed by atoms with E-state index in [9.17, 15) is 14.4 Å². The first-order valence-corrected chi connectivity index (χ1v) is 8.97. The van der Waals surface area contributed by atoms with Gasteiger partial charge in [0.1, 0.15) is 5.75 Å². The maximum absolute atomic E-state index is 12.4. The molecule has 1 aromatic heterocycles. The number of benzene rings is 2. The van der Waals surface area contributed by atoms with E-state index < -0.39 is 18.5 Å². The predicted octanol–water partition coefficient (Wildman–Crippen LogP) is 3.11. The molecule has 0 radical (unpaired) electrons. The normalized spacial score (nSPS) is 10.6. The molecule has 0 aliphatic rings. The number of ketones is 1. The number of thiophene rings is 1. The van der Waals surface area contributed by atoms with Crippen molar-refractivity contribution in [2.45, 2.75) is 6.92 Å². The molecule has 0 fully saturated rings. The number of para-hydroxylation sites is 1. The summed E-state index contributed by atoms with van der Waals surface area (Å²) in [6, 6.07) is 14.0. The Morgan fingerprint density at radius 3 is 2.44 bits per heavy atom. The summed E-state index contributed by atoms with van der Waals surface area (Å²) >= 11 is 1.38. The zero-order chi connectivity index (χ0) is 19.4. The molecule has 0 saturated carbocycles. The number of carbonyl (C=O) groups excluding carboxylic acids is 3. The maximum atomic E-state index is 12.4. The highest BCUT2D eigenvalue weighted by atomic mass is 32.1. The van der Waals surface area contributed by atoms with Crippen LogP contribution in [0.25, 0.3) is 10.1 Å². The van der Waals surface area contributed by atoms with Gasteiger partial charge in [-0.1, -0.05) is 30.3 Å².